The number of carboxylic acids is 1. The molecule has 21 heavy (non-hydrogen) atoms. The van der Waals surface area contributed by atoms with Crippen LogP contribution in [0.3, 0.4) is 0 Å². The average molecular weight is 308 g/mol. The van der Waals surface area contributed by atoms with Gasteiger partial charge in [0.05, 0.1) is 10.5 Å². The predicted octanol–water partition coefficient (Wildman–Crippen LogP) is 1.66. The lowest BCUT2D eigenvalue weighted by Gasteiger charge is -2.13. The summed E-state index contributed by atoms with van der Waals surface area (Å²) >= 11 is 0. The number of rotatable bonds is 6. The number of aliphatic carboxylic acids is 1. The summed E-state index contributed by atoms with van der Waals surface area (Å²) in [5.41, 5.74) is -2.07. The van der Waals surface area contributed by atoms with Crippen LogP contribution in [0.1, 0.15) is 5.56 Å². The summed E-state index contributed by atoms with van der Waals surface area (Å²) in [6.45, 7) is -0.474. The Labute approximate surface area is 116 Å². The molecule has 0 aromatic heterocycles. The molecule has 0 aliphatic rings. The van der Waals surface area contributed by atoms with Gasteiger partial charge in [-0.1, -0.05) is 0 Å². The van der Waals surface area contributed by atoms with E-state index in [0.29, 0.717) is 12.1 Å². The number of carbonyl (C=O) groups is 1. The van der Waals surface area contributed by atoms with Gasteiger partial charge in [-0.2, -0.15) is 13.2 Å². The number of nitro benzene ring substituents is 1. The van der Waals surface area contributed by atoms with Gasteiger partial charge in [0.25, 0.3) is 0 Å². The van der Waals surface area contributed by atoms with E-state index in [1.807, 2.05) is 0 Å². The van der Waals surface area contributed by atoms with E-state index in [4.69, 9.17) is 9.84 Å². The van der Waals surface area contributed by atoms with E-state index in [2.05, 4.69) is 5.32 Å². The maximum atomic E-state index is 12.5. The number of alkyl halides is 3. The van der Waals surface area contributed by atoms with Crippen molar-refractivity contribution in [1.82, 2.24) is 5.32 Å². The highest BCUT2D eigenvalue weighted by atomic mass is 19.4. The number of nitro groups is 1. The molecular formula is C11H11F3N2O5. The molecular weight excluding hydrogens is 297 g/mol. The highest BCUT2D eigenvalue weighted by Crippen LogP contribution is 2.36. The van der Waals surface area contributed by atoms with E-state index in [-0.39, 0.29) is 0 Å². The minimum Gasteiger partial charge on any atom is -0.485 e. The molecule has 0 aliphatic heterocycles. The van der Waals surface area contributed by atoms with Crippen molar-refractivity contribution in [3.8, 4) is 5.75 Å². The van der Waals surface area contributed by atoms with E-state index in [1.54, 1.807) is 0 Å². The summed E-state index contributed by atoms with van der Waals surface area (Å²) in [6.07, 6.45) is -4.72. The zero-order chi connectivity index (χ0) is 16.2. The molecule has 0 bridgehead atoms. The molecule has 0 fully saturated rings. The quantitative estimate of drug-likeness (QED) is 0.612. The van der Waals surface area contributed by atoms with Crippen molar-refractivity contribution in [1.29, 1.82) is 0 Å². The Hall–Kier alpha value is -2.36. The fourth-order valence-corrected chi connectivity index (χ4v) is 1.41. The van der Waals surface area contributed by atoms with Crippen LogP contribution in [0.15, 0.2) is 18.2 Å². The molecule has 0 amide bonds. The Morgan fingerprint density at radius 2 is 2.14 bits per heavy atom. The number of nitrogens with zero attached hydrogens (tertiary/aromatic N) is 1. The molecule has 10 heteroatoms. The summed E-state index contributed by atoms with van der Waals surface area (Å²) in [4.78, 5) is 20.5. The number of ether oxygens (including phenoxy) is 1. The number of carboxylic acid groups (broad SMARTS) is 1. The maximum absolute atomic E-state index is 12.5. The van der Waals surface area contributed by atoms with Gasteiger partial charge in [0.2, 0.25) is 0 Å². The fourth-order valence-electron chi connectivity index (χ4n) is 1.41. The first kappa shape index (κ1) is 16.7. The van der Waals surface area contributed by atoms with Gasteiger partial charge in [-0.15, -0.1) is 0 Å². The minimum absolute atomic E-state index is 0.338. The Morgan fingerprint density at radius 1 is 1.52 bits per heavy atom. The second-order valence-corrected chi connectivity index (χ2v) is 3.93. The lowest BCUT2D eigenvalue weighted by atomic mass is 10.2. The molecule has 0 radical (unpaired) electrons. The predicted molar refractivity (Wildman–Crippen MR) is 64.1 cm³/mol. The van der Waals surface area contributed by atoms with Gasteiger partial charge in [0, 0.05) is 6.07 Å². The van der Waals surface area contributed by atoms with Crippen LogP contribution in [0.5, 0.6) is 5.75 Å². The van der Waals surface area contributed by atoms with E-state index in [1.165, 1.54) is 7.05 Å². The van der Waals surface area contributed by atoms with Crippen molar-refractivity contribution >= 4 is 11.7 Å². The summed E-state index contributed by atoms with van der Waals surface area (Å²) < 4.78 is 42.4. The number of hydrogen-bond acceptors (Lipinski definition) is 5. The Morgan fingerprint density at radius 3 is 2.57 bits per heavy atom. The standard InChI is InChI=1S/C11H11F3N2O5/c1-15-7(10(17)18)5-21-9-3-2-6(11(12,13)14)4-8(9)16(19)20/h2-4,7,15H,5H2,1H3,(H,17,18). The molecule has 0 heterocycles. The second kappa shape index (κ2) is 6.39. The van der Waals surface area contributed by atoms with Crippen LogP contribution in [0.4, 0.5) is 18.9 Å². The highest BCUT2D eigenvalue weighted by molar-refractivity contribution is 5.73. The average Bonchev–Trinajstić information content (AvgIpc) is 2.37. The van der Waals surface area contributed by atoms with E-state index in [0.717, 1.165) is 6.07 Å². The SMILES string of the molecule is CNC(COc1ccc(C(F)(F)F)cc1[N+](=O)[O-])C(=O)O. The van der Waals surface area contributed by atoms with Crippen molar-refractivity contribution in [3.63, 3.8) is 0 Å². The van der Waals surface area contributed by atoms with Gasteiger partial charge in [-0.3, -0.25) is 14.9 Å². The lowest BCUT2D eigenvalue weighted by Crippen LogP contribution is -2.39. The molecule has 0 aliphatic carbocycles. The zero-order valence-corrected chi connectivity index (χ0v) is 10.7. The molecule has 1 aromatic carbocycles. The third-order valence-electron chi connectivity index (χ3n) is 2.54. The van der Waals surface area contributed by atoms with Gasteiger partial charge in [0.15, 0.2) is 5.75 Å². The van der Waals surface area contributed by atoms with Crippen molar-refractivity contribution in [3.05, 3.63) is 33.9 Å². The largest absolute Gasteiger partial charge is 0.485 e. The van der Waals surface area contributed by atoms with Crippen LogP contribution >= 0.6 is 0 Å². The first-order chi connectivity index (χ1) is 9.66. The second-order valence-electron chi connectivity index (χ2n) is 3.93. The zero-order valence-electron chi connectivity index (χ0n) is 10.7. The summed E-state index contributed by atoms with van der Waals surface area (Å²) in [7, 11) is 1.34. The van der Waals surface area contributed by atoms with E-state index >= 15 is 0 Å². The highest BCUT2D eigenvalue weighted by Gasteiger charge is 2.33. The normalized spacial score (nSPS) is 12.8. The van der Waals surface area contributed by atoms with Crippen molar-refractivity contribution in [2.75, 3.05) is 13.7 Å². The maximum Gasteiger partial charge on any atom is 0.416 e. The molecule has 1 aromatic rings. The summed E-state index contributed by atoms with van der Waals surface area (Å²) in [5, 5.41) is 21.9. The first-order valence-corrected chi connectivity index (χ1v) is 5.55. The van der Waals surface area contributed by atoms with Gasteiger partial charge < -0.3 is 15.2 Å². The number of benzene rings is 1. The number of likely N-dealkylation sites (N-methyl/N-ethyl adjacent to an activating group) is 1. The summed E-state index contributed by atoms with van der Waals surface area (Å²) in [5.74, 6) is -1.69. The number of hydrogen-bond donors (Lipinski definition) is 2. The monoisotopic (exact) mass is 308 g/mol. The number of halogens is 3. The molecule has 1 atom stereocenters. The van der Waals surface area contributed by atoms with Crippen molar-refractivity contribution in [2.45, 2.75) is 12.2 Å². The molecule has 116 valence electrons. The molecule has 1 rings (SSSR count). The van der Waals surface area contributed by atoms with Crippen LogP contribution in [0.25, 0.3) is 0 Å². The topological polar surface area (TPSA) is 102 Å². The minimum atomic E-state index is -4.72. The van der Waals surface area contributed by atoms with Crippen LogP contribution in [-0.2, 0) is 11.0 Å². The van der Waals surface area contributed by atoms with Crippen molar-refractivity contribution < 1.29 is 32.7 Å². The molecule has 7 nitrogen and oxygen atoms in total. The molecule has 0 spiro atoms. The van der Waals surface area contributed by atoms with Crippen LogP contribution in [0.2, 0.25) is 0 Å². The first-order valence-electron chi connectivity index (χ1n) is 5.55. The number of nitrogens with one attached hydrogen (secondary N) is 1. The Kier molecular flexibility index (Phi) is 5.08. The molecule has 0 saturated carbocycles. The Balaban J connectivity index is 3.02. The molecule has 0 saturated heterocycles. The van der Waals surface area contributed by atoms with Crippen LogP contribution < -0.4 is 10.1 Å². The van der Waals surface area contributed by atoms with Gasteiger partial charge in [-0.25, -0.2) is 0 Å². The fraction of sp³-hybridized carbons (Fsp3) is 0.364. The van der Waals surface area contributed by atoms with Gasteiger partial charge in [0.1, 0.15) is 12.6 Å². The van der Waals surface area contributed by atoms with Gasteiger partial charge in [-0.05, 0) is 19.2 Å². The lowest BCUT2D eigenvalue weighted by molar-refractivity contribution is -0.386. The third-order valence-corrected chi connectivity index (χ3v) is 2.54. The van der Waals surface area contributed by atoms with E-state index < -0.39 is 46.7 Å². The third kappa shape index (κ3) is 4.31. The van der Waals surface area contributed by atoms with Gasteiger partial charge >= 0.3 is 17.8 Å². The molecule has 2 N–H and O–H groups in total. The van der Waals surface area contributed by atoms with E-state index in [9.17, 15) is 28.1 Å². The van der Waals surface area contributed by atoms with Crippen molar-refractivity contribution in [2.24, 2.45) is 0 Å². The van der Waals surface area contributed by atoms with Crippen LogP contribution in [-0.4, -0.2) is 35.7 Å². The van der Waals surface area contributed by atoms with Crippen LogP contribution in [0, 0.1) is 10.1 Å². The smallest absolute Gasteiger partial charge is 0.416 e. The molecule has 1 unspecified atom stereocenters. The summed E-state index contributed by atoms with van der Waals surface area (Å²) in [6, 6.07) is 0.601. The Bertz CT molecular complexity index is 547.